The summed E-state index contributed by atoms with van der Waals surface area (Å²) in [6.07, 6.45) is -1.30. The second-order valence-corrected chi connectivity index (χ2v) is 17.0. The van der Waals surface area contributed by atoms with E-state index in [-0.39, 0.29) is 52.5 Å². The fourth-order valence-corrected chi connectivity index (χ4v) is 5.80. The Morgan fingerprint density at radius 2 is 1.15 bits per heavy atom. The number of ether oxygens (including phenoxy) is 6. The van der Waals surface area contributed by atoms with Crippen molar-refractivity contribution in [3.05, 3.63) is 97.5 Å². The van der Waals surface area contributed by atoms with Gasteiger partial charge in [0.1, 0.15) is 55.3 Å². The zero-order valence-electron chi connectivity index (χ0n) is 39.0. The molecule has 4 heterocycles. The van der Waals surface area contributed by atoms with E-state index in [4.69, 9.17) is 47.3 Å². The molecule has 0 atom stereocenters. The zero-order valence-corrected chi connectivity index (χ0v) is 40.6. The average molecular weight is 1010 g/mol. The number of nitro groups is 2. The third kappa shape index (κ3) is 15.6. The Morgan fingerprint density at radius 3 is 1.60 bits per heavy atom. The number of anilines is 2. The van der Waals surface area contributed by atoms with E-state index in [2.05, 4.69) is 25.9 Å². The van der Waals surface area contributed by atoms with Crippen molar-refractivity contribution in [2.45, 2.75) is 66.6 Å². The Kier molecular flexibility index (Phi) is 18.8. The Balaban J connectivity index is 0.000000239. The van der Waals surface area contributed by atoms with Gasteiger partial charge in [-0.1, -0.05) is 0 Å². The number of benzene rings is 2. The lowest BCUT2D eigenvalue weighted by Gasteiger charge is -2.22. The van der Waals surface area contributed by atoms with Gasteiger partial charge in [-0.05, 0) is 152 Å². The van der Waals surface area contributed by atoms with Crippen LogP contribution in [0.15, 0.2) is 86.1 Å². The normalized spacial score (nSPS) is 11.1. The smallest absolute Gasteiger partial charge is 0.468 e. The summed E-state index contributed by atoms with van der Waals surface area (Å²) in [6, 6.07) is 19.6. The van der Waals surface area contributed by atoms with Crippen LogP contribution in [0.5, 0.6) is 11.5 Å². The van der Waals surface area contributed by atoms with E-state index in [0.717, 1.165) is 15.2 Å². The Morgan fingerprint density at radius 1 is 0.691 bits per heavy atom. The first-order chi connectivity index (χ1) is 31.9. The van der Waals surface area contributed by atoms with Gasteiger partial charge in [-0.2, -0.15) is 0 Å². The molecule has 6 aromatic rings. The summed E-state index contributed by atoms with van der Waals surface area (Å²) >= 11 is 3.03. The quantitative estimate of drug-likeness (QED) is 0.0339. The van der Waals surface area contributed by atoms with Crippen molar-refractivity contribution in [1.82, 2.24) is 9.97 Å². The lowest BCUT2D eigenvalue weighted by Crippen LogP contribution is -2.34. The summed E-state index contributed by atoms with van der Waals surface area (Å²) in [4.78, 5) is 55.4. The minimum Gasteiger partial charge on any atom is -0.468 e. The summed E-state index contributed by atoms with van der Waals surface area (Å²) in [7, 11) is 1.27. The molecule has 0 unspecified atom stereocenters. The van der Waals surface area contributed by atoms with Crippen molar-refractivity contribution in [3.63, 3.8) is 0 Å². The molecule has 0 bridgehead atoms. The molecule has 0 saturated carbocycles. The Bertz CT molecular complexity index is 2700. The number of aromatic nitrogens is 2. The van der Waals surface area contributed by atoms with E-state index in [0.29, 0.717) is 41.3 Å². The predicted octanol–water partition coefficient (Wildman–Crippen LogP) is 8.76. The summed E-state index contributed by atoms with van der Waals surface area (Å²) < 4.78 is 42.8. The number of rotatable bonds is 14. The topological polar surface area (TPSA) is 275 Å². The van der Waals surface area contributed by atoms with Gasteiger partial charge in [-0.15, -0.1) is 0 Å². The van der Waals surface area contributed by atoms with E-state index in [1.54, 1.807) is 90.1 Å². The van der Waals surface area contributed by atoms with Crippen LogP contribution >= 0.6 is 15.9 Å². The number of fused-ring (bicyclic) bond motifs is 2. The number of halogens is 1. The molecular formula is C44H52BBrN6O16. The molecule has 0 saturated heterocycles. The number of hydrogen-bond acceptors (Lipinski definition) is 18. The molecule has 2 aromatic carbocycles. The molecule has 2 N–H and O–H groups in total. The number of pyridine rings is 2. The van der Waals surface area contributed by atoms with Crippen molar-refractivity contribution in [2.75, 3.05) is 50.7 Å². The number of furan rings is 2. The van der Waals surface area contributed by atoms with E-state index >= 15 is 0 Å². The molecule has 6 rings (SSSR count). The number of amides is 2. The third-order valence-electron chi connectivity index (χ3n) is 8.58. The van der Waals surface area contributed by atoms with Gasteiger partial charge in [-0.3, -0.25) is 0 Å². The minimum absolute atomic E-state index is 0.0809. The maximum atomic E-state index is 12.3. The maximum Gasteiger partial charge on any atom is 0.526 e. The van der Waals surface area contributed by atoms with E-state index in [9.17, 15) is 29.8 Å². The van der Waals surface area contributed by atoms with E-state index < -0.39 is 46.2 Å². The van der Waals surface area contributed by atoms with Gasteiger partial charge in [0.15, 0.2) is 13.6 Å². The average Bonchev–Trinajstić information content (AvgIpc) is 3.90. The predicted molar refractivity (Wildman–Crippen MR) is 254 cm³/mol. The summed E-state index contributed by atoms with van der Waals surface area (Å²) in [5, 5.41) is 41.9. The third-order valence-corrected chi connectivity index (χ3v) is 9.20. The molecule has 2 amide bonds. The molecule has 68 heavy (non-hydrogen) atoms. The maximum absolute atomic E-state index is 12.3. The molecular weight excluding hydrogens is 959 g/mol. The molecule has 24 heteroatoms. The Hall–Kier alpha value is -6.86. The number of hydrogen-bond donors (Lipinski definition) is 2. The van der Waals surface area contributed by atoms with Gasteiger partial charge >= 0.3 is 30.9 Å². The first-order valence-corrected chi connectivity index (χ1v) is 21.4. The van der Waals surface area contributed by atoms with Gasteiger partial charge in [0, 0.05) is 50.2 Å². The molecule has 4 aromatic heterocycles. The van der Waals surface area contributed by atoms with Gasteiger partial charge in [0.25, 0.3) is 11.6 Å². The van der Waals surface area contributed by atoms with Crippen LogP contribution in [-0.2, 0) is 18.9 Å². The van der Waals surface area contributed by atoms with Crippen molar-refractivity contribution in [1.29, 1.82) is 0 Å². The van der Waals surface area contributed by atoms with Crippen LogP contribution in [-0.4, -0.2) is 101 Å². The zero-order chi connectivity index (χ0) is 50.5. The van der Waals surface area contributed by atoms with Crippen molar-refractivity contribution in [3.8, 4) is 22.8 Å². The number of carbonyl (C=O) groups excluding carboxylic acids is 2. The number of carbonyl (C=O) groups is 2. The first kappa shape index (κ1) is 53.8. The largest absolute Gasteiger partial charge is 0.526 e. The van der Waals surface area contributed by atoms with Crippen LogP contribution in [0.3, 0.4) is 0 Å². The summed E-state index contributed by atoms with van der Waals surface area (Å²) in [5.41, 5.74) is 0.0553. The summed E-state index contributed by atoms with van der Waals surface area (Å²) in [6.45, 7) is 15.6. The molecule has 0 spiro atoms. The second kappa shape index (κ2) is 23.7. The van der Waals surface area contributed by atoms with Gasteiger partial charge in [0.2, 0.25) is 0 Å². The van der Waals surface area contributed by atoms with Gasteiger partial charge in [-0.25, -0.2) is 19.4 Å². The van der Waals surface area contributed by atoms with E-state index in [1.165, 1.54) is 38.4 Å². The SMILES string of the molecule is CCOCOc1ccc2oc(-c3ccc(N(C)C(=O)OC(C)(C)C)nc3[N+](=O)[O-])cc2c1.CCOCOc1ccc2oc(B(O)O)cc2c1.CN(C(=O)OC(C)(C)C)c1ccc(Br)c([N+](=O)[O-])n1. The van der Waals surface area contributed by atoms with Crippen molar-refractivity contribution < 1.29 is 66.7 Å². The standard InChI is InChI=1S/C22H25N3O7.C11H13BO5.C11H14BrN3O4/c1-6-29-13-30-15-7-9-17-14(11-15)12-18(31-17)16-8-10-19(23-20(16)25(27)28)24(5)21(26)32-22(2,3)4;1-2-15-7-16-9-3-4-10-8(5-9)6-11(17-10)12(13)14;1-11(2,3)19-10(16)14(4)8-6-5-7(12)9(13-8)15(17)18/h7-12H,6,13H2,1-5H3;3-6,13-14H,2,7H2,1H3;5-6H,1-4H3. The van der Waals surface area contributed by atoms with Crippen LogP contribution in [0.4, 0.5) is 32.9 Å². The highest BCUT2D eigenvalue weighted by molar-refractivity contribution is 9.10. The molecule has 0 aliphatic heterocycles. The van der Waals surface area contributed by atoms with Crippen molar-refractivity contribution in [2.24, 2.45) is 0 Å². The fourth-order valence-electron chi connectivity index (χ4n) is 5.43. The Labute approximate surface area is 399 Å². The lowest BCUT2D eigenvalue weighted by molar-refractivity contribution is -0.390. The van der Waals surface area contributed by atoms with Crippen molar-refractivity contribution >= 4 is 86.1 Å². The van der Waals surface area contributed by atoms with Crippen LogP contribution in [0.1, 0.15) is 55.4 Å². The molecule has 364 valence electrons. The first-order valence-electron chi connectivity index (χ1n) is 20.7. The highest BCUT2D eigenvalue weighted by atomic mass is 79.9. The molecule has 22 nitrogen and oxygen atoms in total. The highest BCUT2D eigenvalue weighted by Gasteiger charge is 2.29. The molecule has 0 radical (unpaired) electrons. The van der Waals surface area contributed by atoms with Crippen LogP contribution in [0, 0.1) is 20.2 Å². The highest BCUT2D eigenvalue weighted by Crippen LogP contribution is 2.36. The van der Waals surface area contributed by atoms with Gasteiger partial charge in [0.05, 0.1) is 0 Å². The minimum atomic E-state index is -1.60. The lowest BCUT2D eigenvalue weighted by atomic mass is 9.88. The van der Waals surface area contributed by atoms with Crippen LogP contribution < -0.4 is 24.9 Å². The van der Waals surface area contributed by atoms with Crippen LogP contribution in [0.25, 0.3) is 33.3 Å². The van der Waals surface area contributed by atoms with Gasteiger partial charge < -0.3 is 67.5 Å². The number of nitrogens with zero attached hydrogens (tertiary/aromatic N) is 6. The van der Waals surface area contributed by atoms with Crippen LogP contribution in [0.2, 0.25) is 0 Å². The molecule has 0 aliphatic carbocycles. The second-order valence-electron chi connectivity index (χ2n) is 16.2. The monoisotopic (exact) mass is 1010 g/mol. The fraction of sp³-hybridized carbons (Fsp3) is 0.364. The molecule has 0 aliphatic rings. The molecule has 0 fully saturated rings. The summed E-state index contributed by atoms with van der Waals surface area (Å²) in [5.74, 6) is 0.929. The van der Waals surface area contributed by atoms with E-state index in [1.807, 2.05) is 13.8 Å².